The summed E-state index contributed by atoms with van der Waals surface area (Å²) in [6.45, 7) is 3.57. The van der Waals surface area contributed by atoms with Crippen LogP contribution in [-0.2, 0) is 21.6 Å². The minimum absolute atomic E-state index is 0.0575. The number of anilines is 1. The Morgan fingerprint density at radius 3 is 2.21 bits per heavy atom. The summed E-state index contributed by atoms with van der Waals surface area (Å²) in [6.07, 6.45) is 0.906. The molecule has 2 amide bonds. The van der Waals surface area contributed by atoms with Crippen molar-refractivity contribution in [1.82, 2.24) is 5.32 Å². The summed E-state index contributed by atoms with van der Waals surface area (Å²) in [5.41, 5.74) is 1.12. The number of rotatable bonds is 5. The lowest BCUT2D eigenvalue weighted by molar-refractivity contribution is -0.136. The highest BCUT2D eigenvalue weighted by molar-refractivity contribution is 6.39. The first-order valence-electron chi connectivity index (χ1n) is 7.88. The SMILES string of the molecule is CCc1ccc(NC(=O)C(=O)NCC(C)(O)c2ccccc2)cc1. The average molecular weight is 326 g/mol. The van der Waals surface area contributed by atoms with Crippen molar-refractivity contribution >= 4 is 17.5 Å². The molecule has 5 nitrogen and oxygen atoms in total. The molecular weight excluding hydrogens is 304 g/mol. The third-order valence-electron chi connectivity index (χ3n) is 3.82. The van der Waals surface area contributed by atoms with Gasteiger partial charge in [-0.3, -0.25) is 9.59 Å². The van der Waals surface area contributed by atoms with E-state index in [4.69, 9.17) is 0 Å². The van der Waals surface area contributed by atoms with Gasteiger partial charge in [0.05, 0.1) is 6.54 Å². The summed E-state index contributed by atoms with van der Waals surface area (Å²) in [7, 11) is 0. The number of carbonyl (C=O) groups excluding carboxylic acids is 2. The Hall–Kier alpha value is -2.66. The van der Waals surface area contributed by atoms with E-state index >= 15 is 0 Å². The Morgan fingerprint density at radius 2 is 1.62 bits per heavy atom. The van der Waals surface area contributed by atoms with Gasteiger partial charge in [-0.25, -0.2) is 0 Å². The predicted molar refractivity (Wildman–Crippen MR) is 93.5 cm³/mol. The summed E-state index contributed by atoms with van der Waals surface area (Å²) in [5.74, 6) is -1.55. The molecule has 5 heteroatoms. The van der Waals surface area contributed by atoms with E-state index < -0.39 is 17.4 Å². The number of aryl methyl sites for hydroxylation is 1. The van der Waals surface area contributed by atoms with Crippen molar-refractivity contribution in [2.24, 2.45) is 0 Å². The second kappa shape index (κ2) is 7.75. The summed E-state index contributed by atoms with van der Waals surface area (Å²) >= 11 is 0. The lowest BCUT2D eigenvalue weighted by Gasteiger charge is -2.24. The normalized spacial score (nSPS) is 13.0. The van der Waals surface area contributed by atoms with Gasteiger partial charge < -0.3 is 15.7 Å². The van der Waals surface area contributed by atoms with E-state index in [0.29, 0.717) is 11.3 Å². The van der Waals surface area contributed by atoms with Gasteiger partial charge >= 0.3 is 11.8 Å². The maximum absolute atomic E-state index is 11.9. The van der Waals surface area contributed by atoms with Crippen molar-refractivity contribution in [2.75, 3.05) is 11.9 Å². The summed E-state index contributed by atoms with van der Waals surface area (Å²) < 4.78 is 0. The monoisotopic (exact) mass is 326 g/mol. The van der Waals surface area contributed by atoms with E-state index in [2.05, 4.69) is 10.6 Å². The number of nitrogens with one attached hydrogen (secondary N) is 2. The van der Waals surface area contributed by atoms with Crippen LogP contribution in [-0.4, -0.2) is 23.5 Å². The van der Waals surface area contributed by atoms with Crippen molar-refractivity contribution in [3.63, 3.8) is 0 Å². The molecule has 0 fully saturated rings. The fourth-order valence-electron chi connectivity index (χ4n) is 2.24. The molecule has 0 bridgehead atoms. The first kappa shape index (κ1) is 17.7. The lowest BCUT2D eigenvalue weighted by Crippen LogP contribution is -2.43. The Bertz CT molecular complexity index is 694. The van der Waals surface area contributed by atoms with Crippen LogP contribution in [0.4, 0.5) is 5.69 Å². The average Bonchev–Trinajstić information content (AvgIpc) is 2.61. The van der Waals surface area contributed by atoms with Crippen LogP contribution < -0.4 is 10.6 Å². The van der Waals surface area contributed by atoms with Crippen LogP contribution in [0.3, 0.4) is 0 Å². The molecule has 0 saturated heterocycles. The molecular formula is C19H22N2O3. The number of carbonyl (C=O) groups is 2. The molecule has 0 heterocycles. The molecule has 0 aliphatic heterocycles. The topological polar surface area (TPSA) is 78.4 Å². The van der Waals surface area contributed by atoms with E-state index in [1.165, 1.54) is 0 Å². The molecule has 24 heavy (non-hydrogen) atoms. The predicted octanol–water partition coefficient (Wildman–Crippen LogP) is 2.21. The molecule has 3 N–H and O–H groups in total. The standard InChI is InChI=1S/C19H22N2O3/c1-3-14-9-11-16(12-10-14)21-18(23)17(22)20-13-19(2,24)15-7-5-4-6-8-15/h4-12,24H,3,13H2,1-2H3,(H,20,22)(H,21,23). The van der Waals surface area contributed by atoms with E-state index in [1.807, 2.05) is 25.1 Å². The van der Waals surface area contributed by atoms with Gasteiger partial charge in [-0.1, -0.05) is 49.4 Å². The highest BCUT2D eigenvalue weighted by atomic mass is 16.3. The molecule has 1 unspecified atom stereocenters. The third kappa shape index (κ3) is 4.67. The fourth-order valence-corrected chi connectivity index (χ4v) is 2.24. The molecule has 1 atom stereocenters. The molecule has 0 aromatic heterocycles. The quantitative estimate of drug-likeness (QED) is 0.737. The van der Waals surface area contributed by atoms with Crippen molar-refractivity contribution in [2.45, 2.75) is 25.9 Å². The van der Waals surface area contributed by atoms with E-state index in [-0.39, 0.29) is 6.54 Å². The van der Waals surface area contributed by atoms with Crippen molar-refractivity contribution < 1.29 is 14.7 Å². The maximum atomic E-state index is 11.9. The van der Waals surface area contributed by atoms with Gasteiger partial charge in [0.1, 0.15) is 5.60 Å². The molecule has 2 rings (SSSR count). The smallest absolute Gasteiger partial charge is 0.313 e. The lowest BCUT2D eigenvalue weighted by atomic mass is 9.96. The van der Waals surface area contributed by atoms with Crippen LogP contribution in [0.5, 0.6) is 0 Å². The number of aliphatic hydroxyl groups is 1. The molecule has 0 spiro atoms. The largest absolute Gasteiger partial charge is 0.384 e. The molecule has 2 aromatic rings. The molecule has 0 aliphatic carbocycles. The zero-order valence-corrected chi connectivity index (χ0v) is 13.9. The number of benzene rings is 2. The molecule has 0 radical (unpaired) electrons. The van der Waals surface area contributed by atoms with Gasteiger partial charge in [-0.05, 0) is 36.6 Å². The molecule has 0 saturated carbocycles. The fraction of sp³-hybridized carbons (Fsp3) is 0.263. The van der Waals surface area contributed by atoms with E-state index in [1.54, 1.807) is 43.3 Å². The summed E-state index contributed by atoms with van der Waals surface area (Å²) in [5, 5.41) is 15.4. The van der Waals surface area contributed by atoms with Crippen molar-refractivity contribution in [3.8, 4) is 0 Å². The second-order valence-electron chi connectivity index (χ2n) is 5.83. The van der Waals surface area contributed by atoms with Crippen LogP contribution >= 0.6 is 0 Å². The Labute approximate surface area is 141 Å². The number of hydrogen-bond acceptors (Lipinski definition) is 3. The molecule has 2 aromatic carbocycles. The van der Waals surface area contributed by atoms with Gasteiger partial charge in [0.25, 0.3) is 0 Å². The van der Waals surface area contributed by atoms with Gasteiger partial charge in [0, 0.05) is 5.69 Å². The maximum Gasteiger partial charge on any atom is 0.313 e. The Balaban J connectivity index is 1.90. The number of amides is 2. The minimum Gasteiger partial charge on any atom is -0.384 e. The van der Waals surface area contributed by atoms with Gasteiger partial charge in [-0.2, -0.15) is 0 Å². The second-order valence-corrected chi connectivity index (χ2v) is 5.83. The van der Waals surface area contributed by atoms with E-state index in [9.17, 15) is 14.7 Å². The summed E-state index contributed by atoms with van der Waals surface area (Å²) in [4.78, 5) is 23.8. The van der Waals surface area contributed by atoms with Crippen LogP contribution in [0, 0.1) is 0 Å². The van der Waals surface area contributed by atoms with Crippen LogP contribution in [0.2, 0.25) is 0 Å². The zero-order chi connectivity index (χ0) is 17.6. The van der Waals surface area contributed by atoms with Gasteiger partial charge in [0.2, 0.25) is 0 Å². The molecule has 126 valence electrons. The van der Waals surface area contributed by atoms with Crippen molar-refractivity contribution in [1.29, 1.82) is 0 Å². The van der Waals surface area contributed by atoms with Crippen molar-refractivity contribution in [3.05, 3.63) is 65.7 Å². The first-order valence-corrected chi connectivity index (χ1v) is 7.88. The minimum atomic E-state index is -1.25. The first-order chi connectivity index (χ1) is 11.4. The highest BCUT2D eigenvalue weighted by Gasteiger charge is 2.25. The molecule has 0 aliphatic rings. The van der Waals surface area contributed by atoms with Crippen LogP contribution in [0.1, 0.15) is 25.0 Å². The van der Waals surface area contributed by atoms with E-state index in [0.717, 1.165) is 12.0 Å². The zero-order valence-electron chi connectivity index (χ0n) is 13.9. The Morgan fingerprint density at radius 1 is 1.00 bits per heavy atom. The van der Waals surface area contributed by atoms with Gasteiger partial charge in [-0.15, -0.1) is 0 Å². The van der Waals surface area contributed by atoms with Crippen LogP contribution in [0.15, 0.2) is 54.6 Å². The third-order valence-corrected chi connectivity index (χ3v) is 3.82. The highest BCUT2D eigenvalue weighted by Crippen LogP contribution is 2.18. The number of hydrogen-bond donors (Lipinski definition) is 3. The van der Waals surface area contributed by atoms with Gasteiger partial charge in [0.15, 0.2) is 0 Å². The van der Waals surface area contributed by atoms with Crippen LogP contribution in [0.25, 0.3) is 0 Å². The summed E-state index contributed by atoms with van der Waals surface area (Å²) in [6, 6.07) is 16.3. The Kier molecular flexibility index (Phi) is 5.71.